The summed E-state index contributed by atoms with van der Waals surface area (Å²) in [4.78, 5) is 26.6. The van der Waals surface area contributed by atoms with Crippen molar-refractivity contribution < 1.29 is 27.9 Å². The predicted octanol–water partition coefficient (Wildman–Crippen LogP) is 7.04. The van der Waals surface area contributed by atoms with E-state index in [2.05, 4.69) is 20.8 Å². The summed E-state index contributed by atoms with van der Waals surface area (Å²) in [7, 11) is 0. The lowest BCUT2D eigenvalue weighted by Crippen LogP contribution is -2.77. The molecule has 4 nitrogen and oxygen atoms in total. The second-order valence-corrected chi connectivity index (χ2v) is 13.3. The summed E-state index contributed by atoms with van der Waals surface area (Å²) in [5, 5.41) is 10.1. The van der Waals surface area contributed by atoms with Crippen molar-refractivity contribution >= 4 is 23.5 Å². The van der Waals surface area contributed by atoms with Crippen LogP contribution in [0.25, 0.3) is 0 Å². The first-order chi connectivity index (χ1) is 16.6. The van der Waals surface area contributed by atoms with E-state index in [1.807, 2.05) is 18.2 Å². The van der Waals surface area contributed by atoms with E-state index in [0.717, 1.165) is 24.0 Å². The van der Waals surface area contributed by atoms with Crippen molar-refractivity contribution in [2.45, 2.75) is 95.7 Å². The molecule has 4 saturated carbocycles. The minimum atomic E-state index is -4.31. The number of fused-ring (bicyclic) bond motifs is 1. The number of halogens is 4. The Morgan fingerprint density at radius 1 is 1.19 bits per heavy atom. The third-order valence-corrected chi connectivity index (χ3v) is 9.54. The minimum absolute atomic E-state index is 0.0369. The number of hydrogen-bond acceptors (Lipinski definition) is 2. The van der Waals surface area contributed by atoms with Gasteiger partial charge in [-0.25, -0.2) is 0 Å². The fourth-order valence-electron chi connectivity index (χ4n) is 6.98. The molecule has 6 rings (SSSR count). The highest BCUT2D eigenvalue weighted by atomic mass is 35.5. The van der Waals surface area contributed by atoms with Crippen molar-refractivity contribution in [3.8, 4) is 0 Å². The Balaban J connectivity index is 1.49. The van der Waals surface area contributed by atoms with Crippen molar-refractivity contribution in [1.29, 1.82) is 0 Å². The molecule has 0 spiro atoms. The second kappa shape index (κ2) is 7.99. The standard InChI is InChI=1S/C28H33ClF3NO3/c1-24(2,3)8-6-17-4-5-18(11-21(17)29)27-9-7-19(28(30,31)32)10-20(27)13-33(22(34)12-27)26-14-25(15-26,16-26)23(35)36/h4-5,11,13,19H,6-10,12,14-16H2,1-3H3,(H,35,36). The van der Waals surface area contributed by atoms with E-state index in [1.165, 1.54) is 0 Å². The van der Waals surface area contributed by atoms with Crippen molar-refractivity contribution in [3.05, 3.63) is 46.1 Å². The molecule has 0 aromatic heterocycles. The fraction of sp³-hybridized carbons (Fsp3) is 0.643. The Bertz CT molecular complexity index is 1130. The Labute approximate surface area is 214 Å². The Morgan fingerprint density at radius 2 is 1.86 bits per heavy atom. The lowest BCUT2D eigenvalue weighted by Gasteiger charge is -2.71. The van der Waals surface area contributed by atoms with Crippen molar-refractivity contribution in [2.75, 3.05) is 0 Å². The number of aliphatic carboxylic acids is 1. The highest BCUT2D eigenvalue weighted by Crippen LogP contribution is 2.71. The van der Waals surface area contributed by atoms with Gasteiger partial charge >= 0.3 is 12.1 Å². The van der Waals surface area contributed by atoms with Crippen LogP contribution in [-0.4, -0.2) is 33.6 Å². The molecule has 8 heteroatoms. The van der Waals surface area contributed by atoms with Gasteiger partial charge in [0.1, 0.15) is 0 Å². The first-order valence-electron chi connectivity index (χ1n) is 12.7. The van der Waals surface area contributed by atoms with Gasteiger partial charge in [0.2, 0.25) is 5.91 Å². The molecular formula is C28H33ClF3NO3. The van der Waals surface area contributed by atoms with E-state index in [-0.39, 0.29) is 37.0 Å². The number of hydrogen-bond donors (Lipinski definition) is 1. The number of allylic oxidation sites excluding steroid dienone is 1. The maximum absolute atomic E-state index is 13.8. The molecular weight excluding hydrogens is 491 g/mol. The van der Waals surface area contributed by atoms with Crippen molar-refractivity contribution in [3.63, 3.8) is 0 Å². The van der Waals surface area contributed by atoms with Crippen LogP contribution in [0.1, 0.15) is 83.3 Å². The molecule has 2 atom stereocenters. The number of alkyl halides is 3. The Hall–Kier alpha value is -2.02. The number of carboxylic acid groups (broad SMARTS) is 1. The van der Waals surface area contributed by atoms with Crippen LogP contribution < -0.4 is 0 Å². The van der Waals surface area contributed by atoms with Crippen molar-refractivity contribution in [2.24, 2.45) is 16.7 Å². The first kappa shape index (κ1) is 25.6. The zero-order valence-corrected chi connectivity index (χ0v) is 21.7. The van der Waals surface area contributed by atoms with Gasteiger partial charge in [-0.2, -0.15) is 13.2 Å². The van der Waals surface area contributed by atoms with Crippen LogP contribution in [0.5, 0.6) is 0 Å². The zero-order valence-electron chi connectivity index (χ0n) is 21.0. The summed E-state index contributed by atoms with van der Waals surface area (Å²) in [5.41, 5.74) is 0.411. The zero-order chi connectivity index (χ0) is 26.3. The Morgan fingerprint density at radius 3 is 2.42 bits per heavy atom. The molecule has 1 heterocycles. The monoisotopic (exact) mass is 523 g/mol. The molecule has 1 N–H and O–H groups in total. The Kier molecular flexibility index (Phi) is 5.69. The normalized spacial score (nSPS) is 33.9. The number of aryl methyl sites for hydroxylation is 1. The fourth-order valence-corrected chi connectivity index (χ4v) is 7.26. The molecule has 2 unspecified atom stereocenters. The van der Waals surface area contributed by atoms with E-state index >= 15 is 0 Å². The molecule has 1 aliphatic heterocycles. The number of rotatable bonds is 5. The van der Waals surface area contributed by atoms with Gasteiger partial charge in [0, 0.05) is 23.1 Å². The third-order valence-electron chi connectivity index (χ3n) is 9.19. The topological polar surface area (TPSA) is 57.6 Å². The van der Waals surface area contributed by atoms with Gasteiger partial charge in [-0.3, -0.25) is 9.59 Å². The van der Waals surface area contributed by atoms with E-state index in [9.17, 15) is 27.9 Å². The summed E-state index contributed by atoms with van der Waals surface area (Å²) >= 11 is 6.68. The highest BCUT2D eigenvalue weighted by Gasteiger charge is 2.75. The van der Waals surface area contributed by atoms with Gasteiger partial charge in [-0.05, 0) is 79.5 Å². The van der Waals surface area contributed by atoms with Crippen molar-refractivity contribution in [1.82, 2.24) is 4.90 Å². The summed E-state index contributed by atoms with van der Waals surface area (Å²) in [6, 6.07) is 5.75. The second-order valence-electron chi connectivity index (χ2n) is 12.9. The van der Waals surface area contributed by atoms with Crippen LogP contribution in [-0.2, 0) is 21.4 Å². The maximum Gasteiger partial charge on any atom is 0.392 e. The van der Waals surface area contributed by atoms with E-state index in [0.29, 0.717) is 29.9 Å². The lowest BCUT2D eigenvalue weighted by molar-refractivity contribution is -0.224. The predicted molar refractivity (Wildman–Crippen MR) is 130 cm³/mol. The van der Waals surface area contributed by atoms with E-state index < -0.39 is 34.4 Å². The molecule has 36 heavy (non-hydrogen) atoms. The average molecular weight is 524 g/mol. The van der Waals surface area contributed by atoms with E-state index in [1.54, 1.807) is 11.1 Å². The van der Waals surface area contributed by atoms with Crippen LogP contribution in [0, 0.1) is 16.7 Å². The molecule has 196 valence electrons. The largest absolute Gasteiger partial charge is 0.481 e. The number of carbonyl (C=O) groups excluding carboxylic acids is 1. The number of carboxylic acids is 1. The average Bonchev–Trinajstić information content (AvgIpc) is 2.69. The first-order valence-corrected chi connectivity index (χ1v) is 13.1. The summed E-state index contributed by atoms with van der Waals surface area (Å²) in [5.74, 6) is -2.45. The van der Waals surface area contributed by atoms with Gasteiger partial charge in [-0.15, -0.1) is 0 Å². The molecule has 4 aliphatic carbocycles. The summed E-state index contributed by atoms with van der Waals surface area (Å²) in [6.45, 7) is 6.48. The van der Waals surface area contributed by atoms with Gasteiger partial charge in [-0.1, -0.05) is 44.5 Å². The number of carbonyl (C=O) groups is 2. The molecule has 2 bridgehead atoms. The van der Waals surface area contributed by atoms with Crippen LogP contribution in [0.3, 0.4) is 0 Å². The maximum atomic E-state index is 13.8. The minimum Gasteiger partial charge on any atom is -0.481 e. The van der Waals surface area contributed by atoms with Crippen LogP contribution in [0.2, 0.25) is 5.02 Å². The molecule has 0 radical (unpaired) electrons. The molecule has 4 fully saturated rings. The SMILES string of the molecule is CC(C)(C)CCc1ccc(C23CCC(C(F)(F)F)CC2=CN(C24CC(C(=O)O)(C2)C4)C(=O)C3)cc1Cl. The smallest absolute Gasteiger partial charge is 0.392 e. The van der Waals surface area contributed by atoms with Gasteiger partial charge < -0.3 is 10.0 Å². The molecule has 5 aliphatic rings. The number of amides is 1. The number of benzene rings is 1. The van der Waals surface area contributed by atoms with Crippen LogP contribution in [0.15, 0.2) is 30.0 Å². The number of nitrogens with zero attached hydrogens (tertiary/aromatic N) is 1. The van der Waals surface area contributed by atoms with Gasteiger partial charge in [0.15, 0.2) is 0 Å². The lowest BCUT2D eigenvalue weighted by atomic mass is 9.38. The van der Waals surface area contributed by atoms with Gasteiger partial charge in [0.25, 0.3) is 0 Å². The van der Waals surface area contributed by atoms with Crippen LogP contribution in [0.4, 0.5) is 13.2 Å². The summed E-state index contributed by atoms with van der Waals surface area (Å²) in [6.07, 6.45) is 0.320. The molecule has 1 aromatic carbocycles. The highest BCUT2D eigenvalue weighted by molar-refractivity contribution is 6.31. The quantitative estimate of drug-likeness (QED) is 0.450. The summed E-state index contributed by atoms with van der Waals surface area (Å²) < 4.78 is 41.3. The molecule has 0 saturated heterocycles. The van der Waals surface area contributed by atoms with Crippen LogP contribution >= 0.6 is 11.6 Å². The van der Waals surface area contributed by atoms with Gasteiger partial charge in [0.05, 0.1) is 16.9 Å². The van der Waals surface area contributed by atoms with E-state index in [4.69, 9.17) is 11.6 Å². The third kappa shape index (κ3) is 3.97. The molecule has 1 amide bonds. The molecule has 1 aromatic rings.